The molecular weight excluding hydrogens is 256 g/mol. The Balaban J connectivity index is 2.41. The minimum absolute atomic E-state index is 0.000602. The third kappa shape index (κ3) is 1.21. The summed E-state index contributed by atoms with van der Waals surface area (Å²) in [5.74, 6) is -0.000602. The number of halogens is 1. The molecule has 1 aliphatic rings. The molecule has 1 amide bonds. The number of aromatic nitrogens is 1. The summed E-state index contributed by atoms with van der Waals surface area (Å²) in [6.45, 7) is 0.722. The van der Waals surface area contributed by atoms with E-state index in [9.17, 15) is 4.79 Å². The second kappa shape index (κ2) is 3.10. The largest absolute Gasteiger partial charge is 0.350 e. The van der Waals surface area contributed by atoms with Gasteiger partial charge in [-0.15, -0.1) is 0 Å². The molecule has 3 rings (SSSR count). The number of carbonyl (C=O) groups excluding carboxylic acids is 1. The van der Waals surface area contributed by atoms with E-state index in [1.165, 1.54) is 0 Å². The maximum Gasteiger partial charge on any atom is 0.268 e. The Morgan fingerprint density at radius 2 is 2.20 bits per heavy atom. The molecule has 1 aromatic carbocycles. The second-order valence-corrected chi connectivity index (χ2v) is 4.50. The molecule has 0 saturated carbocycles. The van der Waals surface area contributed by atoms with Crippen molar-refractivity contribution in [3.63, 3.8) is 0 Å². The van der Waals surface area contributed by atoms with E-state index in [0.717, 1.165) is 33.9 Å². The SMILES string of the molecule is O=C1NCCc2c1[nH]c1cccc(Br)c21. The highest BCUT2D eigenvalue weighted by molar-refractivity contribution is 9.10. The van der Waals surface area contributed by atoms with Gasteiger partial charge in [0.15, 0.2) is 0 Å². The van der Waals surface area contributed by atoms with Crippen LogP contribution in [0.25, 0.3) is 10.9 Å². The van der Waals surface area contributed by atoms with Gasteiger partial charge in [-0.25, -0.2) is 0 Å². The zero-order valence-corrected chi connectivity index (χ0v) is 9.52. The van der Waals surface area contributed by atoms with Crippen LogP contribution in [0, 0.1) is 0 Å². The van der Waals surface area contributed by atoms with Crippen molar-refractivity contribution >= 4 is 32.7 Å². The zero-order chi connectivity index (χ0) is 10.4. The summed E-state index contributed by atoms with van der Waals surface area (Å²) in [4.78, 5) is 14.8. The fourth-order valence-corrected chi connectivity index (χ4v) is 2.71. The van der Waals surface area contributed by atoms with Crippen molar-refractivity contribution < 1.29 is 4.79 Å². The van der Waals surface area contributed by atoms with Crippen LogP contribution >= 0.6 is 15.9 Å². The molecule has 0 saturated heterocycles. The van der Waals surface area contributed by atoms with Crippen molar-refractivity contribution in [2.24, 2.45) is 0 Å². The molecule has 0 spiro atoms. The first-order chi connectivity index (χ1) is 7.27. The Kier molecular flexibility index (Phi) is 1.85. The van der Waals surface area contributed by atoms with Gasteiger partial charge in [-0.1, -0.05) is 22.0 Å². The highest BCUT2D eigenvalue weighted by Gasteiger charge is 2.22. The third-order valence-electron chi connectivity index (χ3n) is 2.76. The molecule has 4 heteroatoms. The molecule has 1 aromatic heterocycles. The molecule has 0 aliphatic carbocycles. The standard InChI is InChI=1S/C11H9BrN2O/c12-7-2-1-3-8-9(7)6-4-5-13-11(15)10(6)14-8/h1-3,14H,4-5H2,(H,13,15). The highest BCUT2D eigenvalue weighted by atomic mass is 79.9. The molecular formula is C11H9BrN2O. The summed E-state index contributed by atoms with van der Waals surface area (Å²) in [5, 5.41) is 3.97. The molecule has 0 unspecified atom stereocenters. The van der Waals surface area contributed by atoms with Gasteiger partial charge < -0.3 is 10.3 Å². The predicted octanol–water partition coefficient (Wildman–Crippen LogP) is 2.22. The van der Waals surface area contributed by atoms with Crippen molar-refractivity contribution in [2.45, 2.75) is 6.42 Å². The summed E-state index contributed by atoms with van der Waals surface area (Å²) in [5.41, 5.74) is 2.86. The molecule has 0 atom stereocenters. The van der Waals surface area contributed by atoms with Crippen molar-refractivity contribution in [1.29, 1.82) is 0 Å². The van der Waals surface area contributed by atoms with Crippen molar-refractivity contribution in [3.8, 4) is 0 Å². The summed E-state index contributed by atoms with van der Waals surface area (Å²) < 4.78 is 1.05. The van der Waals surface area contributed by atoms with Gasteiger partial charge in [-0.3, -0.25) is 4.79 Å². The van der Waals surface area contributed by atoms with E-state index in [4.69, 9.17) is 0 Å². The fraction of sp³-hybridized carbons (Fsp3) is 0.182. The van der Waals surface area contributed by atoms with Gasteiger partial charge in [0.1, 0.15) is 5.69 Å². The minimum atomic E-state index is -0.000602. The van der Waals surface area contributed by atoms with Crippen molar-refractivity contribution in [1.82, 2.24) is 10.3 Å². The average Bonchev–Trinajstić information content (AvgIpc) is 2.59. The van der Waals surface area contributed by atoms with Crippen LogP contribution < -0.4 is 5.32 Å². The first-order valence-electron chi connectivity index (χ1n) is 4.84. The maximum absolute atomic E-state index is 11.6. The Morgan fingerprint density at radius 1 is 1.33 bits per heavy atom. The van der Waals surface area contributed by atoms with Gasteiger partial charge in [-0.2, -0.15) is 0 Å². The molecule has 3 nitrogen and oxygen atoms in total. The fourth-order valence-electron chi connectivity index (χ4n) is 2.10. The molecule has 15 heavy (non-hydrogen) atoms. The van der Waals surface area contributed by atoms with Gasteiger partial charge in [0.25, 0.3) is 5.91 Å². The summed E-state index contributed by atoms with van der Waals surface area (Å²) in [7, 11) is 0. The quantitative estimate of drug-likeness (QED) is 0.753. The topological polar surface area (TPSA) is 44.9 Å². The van der Waals surface area contributed by atoms with E-state index >= 15 is 0 Å². The summed E-state index contributed by atoms with van der Waals surface area (Å²) in [6.07, 6.45) is 0.893. The Bertz CT molecular complexity index is 559. The van der Waals surface area contributed by atoms with Crippen LogP contribution in [0.5, 0.6) is 0 Å². The molecule has 2 aromatic rings. The number of aromatic amines is 1. The first kappa shape index (κ1) is 8.97. The van der Waals surface area contributed by atoms with Crippen LogP contribution in [0.15, 0.2) is 22.7 Å². The van der Waals surface area contributed by atoms with E-state index in [-0.39, 0.29) is 5.91 Å². The van der Waals surface area contributed by atoms with Crippen LogP contribution in [-0.4, -0.2) is 17.4 Å². The molecule has 0 bridgehead atoms. The van der Waals surface area contributed by atoms with Gasteiger partial charge in [0.05, 0.1) is 0 Å². The normalized spacial score (nSPS) is 15.1. The zero-order valence-electron chi connectivity index (χ0n) is 7.93. The Hall–Kier alpha value is -1.29. The van der Waals surface area contributed by atoms with E-state index < -0.39 is 0 Å². The average molecular weight is 265 g/mol. The van der Waals surface area contributed by atoms with Gasteiger partial charge in [-0.05, 0) is 24.1 Å². The molecule has 1 aliphatic heterocycles. The van der Waals surface area contributed by atoms with Crippen LogP contribution in [0.3, 0.4) is 0 Å². The van der Waals surface area contributed by atoms with Gasteiger partial charge in [0, 0.05) is 21.9 Å². The number of nitrogens with one attached hydrogen (secondary N) is 2. The molecule has 2 N–H and O–H groups in total. The molecule has 2 heterocycles. The molecule has 0 fully saturated rings. The van der Waals surface area contributed by atoms with Crippen molar-refractivity contribution in [3.05, 3.63) is 33.9 Å². The highest BCUT2D eigenvalue weighted by Crippen LogP contribution is 2.30. The number of rotatable bonds is 0. The molecule has 76 valence electrons. The third-order valence-corrected chi connectivity index (χ3v) is 3.43. The van der Waals surface area contributed by atoms with E-state index in [1.807, 2.05) is 18.2 Å². The molecule has 0 radical (unpaired) electrons. The lowest BCUT2D eigenvalue weighted by Gasteiger charge is -2.12. The minimum Gasteiger partial charge on any atom is -0.350 e. The number of benzene rings is 1. The number of hydrogen-bond acceptors (Lipinski definition) is 1. The maximum atomic E-state index is 11.6. The van der Waals surface area contributed by atoms with Crippen LogP contribution in [-0.2, 0) is 6.42 Å². The number of carbonyl (C=O) groups is 1. The number of hydrogen-bond donors (Lipinski definition) is 2. The first-order valence-corrected chi connectivity index (χ1v) is 5.64. The summed E-state index contributed by atoms with van der Waals surface area (Å²) >= 11 is 3.52. The smallest absolute Gasteiger partial charge is 0.268 e. The van der Waals surface area contributed by atoms with E-state index in [2.05, 4.69) is 26.2 Å². The van der Waals surface area contributed by atoms with E-state index in [1.54, 1.807) is 0 Å². The number of H-pyrrole nitrogens is 1. The predicted molar refractivity (Wildman–Crippen MR) is 62.0 cm³/mol. The van der Waals surface area contributed by atoms with Crippen LogP contribution in [0.1, 0.15) is 16.1 Å². The second-order valence-electron chi connectivity index (χ2n) is 3.65. The van der Waals surface area contributed by atoms with Gasteiger partial charge in [0.2, 0.25) is 0 Å². The number of fused-ring (bicyclic) bond motifs is 3. The van der Waals surface area contributed by atoms with Crippen LogP contribution in [0.4, 0.5) is 0 Å². The van der Waals surface area contributed by atoms with Crippen LogP contribution in [0.2, 0.25) is 0 Å². The monoisotopic (exact) mass is 264 g/mol. The number of amides is 1. The lowest BCUT2D eigenvalue weighted by atomic mass is 10.0. The Labute approximate surface area is 95.0 Å². The van der Waals surface area contributed by atoms with E-state index in [0.29, 0.717) is 5.69 Å². The lowest BCUT2D eigenvalue weighted by molar-refractivity contribution is 0.0942. The summed E-state index contributed by atoms with van der Waals surface area (Å²) in [6, 6.07) is 5.96. The van der Waals surface area contributed by atoms with Crippen molar-refractivity contribution in [2.75, 3.05) is 6.54 Å². The Morgan fingerprint density at radius 3 is 3.07 bits per heavy atom. The van der Waals surface area contributed by atoms with Gasteiger partial charge >= 0.3 is 0 Å². The lowest BCUT2D eigenvalue weighted by Crippen LogP contribution is -2.31.